The molecule has 3 aromatic carbocycles. The molecule has 0 amide bonds. The summed E-state index contributed by atoms with van der Waals surface area (Å²) in [6.45, 7) is 0. The zero-order chi connectivity index (χ0) is 20.2. The number of aromatic nitrogens is 2. The number of Topliss-reactive ketones (excluding diaryl/α,β-unsaturated/α-hetero) is 1. The summed E-state index contributed by atoms with van der Waals surface area (Å²) < 4.78 is 6.84. The summed E-state index contributed by atoms with van der Waals surface area (Å²) in [5, 5.41) is 0.986. The van der Waals surface area contributed by atoms with Gasteiger partial charge in [-0.2, -0.15) is 0 Å². The summed E-state index contributed by atoms with van der Waals surface area (Å²) in [7, 11) is 1.58. The summed E-state index contributed by atoms with van der Waals surface area (Å²) in [5.41, 5.74) is 1.70. The molecular formula is C23H18N2O3S. The number of para-hydroxylation sites is 1. The smallest absolute Gasteiger partial charge is 0.266 e. The lowest BCUT2D eigenvalue weighted by atomic mass is 10.2. The molecule has 1 heterocycles. The second-order valence-corrected chi connectivity index (χ2v) is 7.27. The van der Waals surface area contributed by atoms with Gasteiger partial charge in [-0.3, -0.25) is 14.2 Å². The predicted molar refractivity (Wildman–Crippen MR) is 115 cm³/mol. The van der Waals surface area contributed by atoms with Crippen molar-refractivity contribution in [3.63, 3.8) is 0 Å². The van der Waals surface area contributed by atoms with Gasteiger partial charge in [0, 0.05) is 11.6 Å². The number of nitrogens with zero attached hydrogens (tertiary/aromatic N) is 2. The third-order valence-corrected chi connectivity index (χ3v) is 5.42. The van der Waals surface area contributed by atoms with Crippen molar-refractivity contribution in [2.75, 3.05) is 12.9 Å². The summed E-state index contributed by atoms with van der Waals surface area (Å²) in [6.07, 6.45) is 0. The second-order valence-electron chi connectivity index (χ2n) is 6.33. The average Bonchev–Trinajstić information content (AvgIpc) is 2.78. The number of hydrogen-bond donors (Lipinski definition) is 0. The maximum Gasteiger partial charge on any atom is 0.266 e. The van der Waals surface area contributed by atoms with Gasteiger partial charge in [-0.25, -0.2) is 4.98 Å². The third kappa shape index (κ3) is 3.93. The number of carbonyl (C=O) groups is 1. The van der Waals surface area contributed by atoms with Gasteiger partial charge in [0.1, 0.15) is 5.75 Å². The van der Waals surface area contributed by atoms with Crippen molar-refractivity contribution in [2.45, 2.75) is 5.16 Å². The highest BCUT2D eigenvalue weighted by Crippen LogP contribution is 2.24. The number of hydrogen-bond acceptors (Lipinski definition) is 5. The van der Waals surface area contributed by atoms with Gasteiger partial charge in [0.2, 0.25) is 0 Å². The van der Waals surface area contributed by atoms with Crippen molar-refractivity contribution < 1.29 is 9.53 Å². The first-order valence-corrected chi connectivity index (χ1v) is 10.0. The summed E-state index contributed by atoms with van der Waals surface area (Å²) in [4.78, 5) is 30.5. The minimum Gasteiger partial charge on any atom is -0.497 e. The van der Waals surface area contributed by atoms with Gasteiger partial charge in [-0.05, 0) is 24.3 Å². The van der Waals surface area contributed by atoms with E-state index in [9.17, 15) is 9.59 Å². The lowest BCUT2D eigenvalue weighted by Gasteiger charge is -2.14. The van der Waals surface area contributed by atoms with Gasteiger partial charge in [0.15, 0.2) is 10.9 Å². The van der Waals surface area contributed by atoms with Crippen LogP contribution in [0.25, 0.3) is 16.6 Å². The number of benzene rings is 3. The first kappa shape index (κ1) is 19.0. The molecule has 4 aromatic rings. The van der Waals surface area contributed by atoms with Gasteiger partial charge in [-0.15, -0.1) is 0 Å². The molecule has 0 saturated heterocycles. The van der Waals surface area contributed by atoms with E-state index in [1.165, 1.54) is 16.3 Å². The van der Waals surface area contributed by atoms with E-state index in [1.807, 2.05) is 48.5 Å². The number of ketones is 1. The maximum atomic E-state index is 13.2. The first-order valence-electron chi connectivity index (χ1n) is 9.04. The summed E-state index contributed by atoms with van der Waals surface area (Å²) in [5.74, 6) is 0.799. The Morgan fingerprint density at radius 2 is 1.76 bits per heavy atom. The van der Waals surface area contributed by atoms with E-state index in [4.69, 9.17) is 4.74 Å². The van der Waals surface area contributed by atoms with Crippen LogP contribution in [0.15, 0.2) is 88.8 Å². The first-order chi connectivity index (χ1) is 14.2. The zero-order valence-corrected chi connectivity index (χ0v) is 16.6. The van der Waals surface area contributed by atoms with Gasteiger partial charge < -0.3 is 4.74 Å². The number of carbonyl (C=O) groups excluding carboxylic acids is 1. The lowest BCUT2D eigenvalue weighted by Crippen LogP contribution is -2.22. The van der Waals surface area contributed by atoms with Gasteiger partial charge in [-0.1, -0.05) is 60.3 Å². The Hall–Kier alpha value is -3.38. The monoisotopic (exact) mass is 402 g/mol. The number of thioether (sulfide) groups is 1. The van der Waals surface area contributed by atoms with Crippen LogP contribution in [0.3, 0.4) is 0 Å². The Morgan fingerprint density at radius 3 is 2.55 bits per heavy atom. The van der Waals surface area contributed by atoms with E-state index in [2.05, 4.69) is 4.98 Å². The molecule has 29 heavy (non-hydrogen) atoms. The van der Waals surface area contributed by atoms with Gasteiger partial charge >= 0.3 is 0 Å². The van der Waals surface area contributed by atoms with Crippen molar-refractivity contribution in [1.82, 2.24) is 9.55 Å². The highest BCUT2D eigenvalue weighted by Gasteiger charge is 2.15. The van der Waals surface area contributed by atoms with E-state index in [0.717, 1.165) is 0 Å². The molecule has 0 atom stereocenters. The molecule has 0 radical (unpaired) electrons. The SMILES string of the molecule is COc1cccc(-n2c(SCC(=O)c3ccccc3)nc3ccccc3c2=O)c1. The number of fused-ring (bicyclic) bond motifs is 1. The minimum atomic E-state index is -0.182. The van der Waals surface area contributed by atoms with Crippen molar-refractivity contribution in [3.05, 3.63) is 94.8 Å². The van der Waals surface area contributed by atoms with E-state index >= 15 is 0 Å². The molecule has 6 heteroatoms. The van der Waals surface area contributed by atoms with Crippen molar-refractivity contribution in [3.8, 4) is 11.4 Å². The Morgan fingerprint density at radius 1 is 1.00 bits per heavy atom. The predicted octanol–water partition coefficient (Wildman–Crippen LogP) is 4.37. The van der Waals surface area contributed by atoms with Crippen LogP contribution in [0.1, 0.15) is 10.4 Å². The van der Waals surface area contributed by atoms with E-state index in [0.29, 0.717) is 33.1 Å². The number of ether oxygens (including phenoxy) is 1. The third-order valence-electron chi connectivity index (χ3n) is 4.48. The number of methoxy groups -OCH3 is 1. The molecule has 0 spiro atoms. The summed E-state index contributed by atoms with van der Waals surface area (Å²) >= 11 is 1.25. The summed E-state index contributed by atoms with van der Waals surface area (Å²) in [6, 6.07) is 23.5. The van der Waals surface area contributed by atoms with Crippen LogP contribution in [0.5, 0.6) is 5.75 Å². The van der Waals surface area contributed by atoms with Crippen LogP contribution in [0, 0.1) is 0 Å². The Kier molecular flexibility index (Phi) is 5.44. The van der Waals surface area contributed by atoms with Crippen molar-refractivity contribution in [2.24, 2.45) is 0 Å². The molecule has 4 rings (SSSR count). The fourth-order valence-electron chi connectivity index (χ4n) is 3.02. The van der Waals surface area contributed by atoms with Crippen molar-refractivity contribution in [1.29, 1.82) is 0 Å². The van der Waals surface area contributed by atoms with E-state index < -0.39 is 0 Å². The van der Waals surface area contributed by atoms with Crippen LogP contribution in [0.4, 0.5) is 0 Å². The molecule has 0 unspecified atom stereocenters. The van der Waals surface area contributed by atoms with E-state index in [1.54, 1.807) is 37.4 Å². The van der Waals surface area contributed by atoms with Crippen molar-refractivity contribution >= 4 is 28.4 Å². The van der Waals surface area contributed by atoms with Crippen LogP contribution in [-0.2, 0) is 0 Å². The van der Waals surface area contributed by atoms with Gasteiger partial charge in [0.25, 0.3) is 5.56 Å². The largest absolute Gasteiger partial charge is 0.497 e. The highest BCUT2D eigenvalue weighted by molar-refractivity contribution is 7.99. The zero-order valence-electron chi connectivity index (χ0n) is 15.7. The molecule has 0 fully saturated rings. The van der Waals surface area contributed by atoms with Crippen LogP contribution in [-0.4, -0.2) is 28.2 Å². The van der Waals surface area contributed by atoms with Crippen LogP contribution in [0.2, 0.25) is 0 Å². The highest BCUT2D eigenvalue weighted by atomic mass is 32.2. The minimum absolute atomic E-state index is 0.0183. The van der Waals surface area contributed by atoms with Crippen LogP contribution >= 0.6 is 11.8 Å². The normalized spacial score (nSPS) is 10.8. The standard InChI is InChI=1S/C23H18N2O3S/c1-28-18-11-7-10-17(14-18)25-22(27)19-12-5-6-13-20(19)24-23(25)29-15-21(26)16-8-3-2-4-9-16/h2-14H,15H2,1H3. The lowest BCUT2D eigenvalue weighted by molar-refractivity contribution is 0.102. The molecule has 0 N–H and O–H groups in total. The number of rotatable bonds is 6. The molecule has 1 aromatic heterocycles. The Bertz CT molecular complexity index is 1240. The Balaban J connectivity index is 1.79. The molecule has 0 bridgehead atoms. The molecule has 0 aliphatic carbocycles. The van der Waals surface area contributed by atoms with Gasteiger partial charge in [0.05, 0.1) is 29.5 Å². The fourth-order valence-corrected chi connectivity index (χ4v) is 3.93. The van der Waals surface area contributed by atoms with E-state index in [-0.39, 0.29) is 17.1 Å². The second kappa shape index (κ2) is 8.32. The molecular weight excluding hydrogens is 384 g/mol. The molecule has 5 nitrogen and oxygen atoms in total. The molecule has 144 valence electrons. The average molecular weight is 402 g/mol. The van der Waals surface area contributed by atoms with Crippen LogP contribution < -0.4 is 10.3 Å². The molecule has 0 saturated carbocycles. The molecule has 0 aliphatic rings. The molecule has 0 aliphatic heterocycles. The quantitative estimate of drug-likeness (QED) is 0.272. The topological polar surface area (TPSA) is 61.2 Å². The fraction of sp³-hybridized carbons (Fsp3) is 0.0870. The maximum absolute atomic E-state index is 13.2. The Labute approximate surface area is 172 Å².